The van der Waals surface area contributed by atoms with Crippen LogP contribution in [0.3, 0.4) is 0 Å². The third-order valence-electron chi connectivity index (χ3n) is 3.82. The summed E-state index contributed by atoms with van der Waals surface area (Å²) in [6.07, 6.45) is 0. The number of fused-ring (bicyclic) bond motifs is 3. The molecule has 0 saturated heterocycles. The number of carbonyl (C=O) groups is 2. The van der Waals surface area contributed by atoms with Crippen molar-refractivity contribution in [3.63, 3.8) is 0 Å². The molecule has 0 bridgehead atoms. The SMILES string of the molecule is O=C(O)COCC(=O)OCC1c2ccccc2-c2ccccc21. The lowest BCUT2D eigenvalue weighted by atomic mass is 9.98. The quantitative estimate of drug-likeness (QED) is 0.829. The Morgan fingerprint density at radius 2 is 1.48 bits per heavy atom. The molecule has 0 radical (unpaired) electrons. The number of rotatable bonds is 6. The largest absolute Gasteiger partial charge is 0.480 e. The second kappa shape index (κ2) is 6.62. The Kier molecular flexibility index (Phi) is 4.39. The van der Waals surface area contributed by atoms with Gasteiger partial charge in [0.25, 0.3) is 0 Å². The molecule has 0 saturated carbocycles. The summed E-state index contributed by atoms with van der Waals surface area (Å²) in [5, 5.41) is 8.47. The Labute approximate surface area is 133 Å². The van der Waals surface area contributed by atoms with Gasteiger partial charge in [-0.15, -0.1) is 0 Å². The maximum absolute atomic E-state index is 11.7. The monoisotopic (exact) mass is 312 g/mol. The summed E-state index contributed by atoms with van der Waals surface area (Å²) < 4.78 is 10.0. The highest BCUT2D eigenvalue weighted by molar-refractivity contribution is 5.79. The summed E-state index contributed by atoms with van der Waals surface area (Å²) in [6.45, 7) is -0.657. The number of carbonyl (C=O) groups excluding carboxylic acids is 1. The van der Waals surface area contributed by atoms with Crippen LogP contribution in [0.5, 0.6) is 0 Å². The lowest BCUT2D eigenvalue weighted by Gasteiger charge is -2.14. The van der Waals surface area contributed by atoms with Gasteiger partial charge in [0.05, 0.1) is 0 Å². The van der Waals surface area contributed by atoms with E-state index in [1.807, 2.05) is 36.4 Å². The summed E-state index contributed by atoms with van der Waals surface area (Å²) >= 11 is 0. The van der Waals surface area contributed by atoms with Gasteiger partial charge in [-0.3, -0.25) is 0 Å². The highest BCUT2D eigenvalue weighted by Gasteiger charge is 2.28. The zero-order valence-corrected chi connectivity index (χ0v) is 12.4. The Morgan fingerprint density at radius 1 is 0.913 bits per heavy atom. The normalized spacial score (nSPS) is 12.5. The molecule has 2 aromatic carbocycles. The first-order valence-electron chi connectivity index (χ1n) is 7.30. The van der Waals surface area contributed by atoms with E-state index in [4.69, 9.17) is 14.6 Å². The maximum atomic E-state index is 11.7. The van der Waals surface area contributed by atoms with Crippen LogP contribution in [0.15, 0.2) is 48.5 Å². The fraction of sp³-hybridized carbons (Fsp3) is 0.222. The van der Waals surface area contributed by atoms with Gasteiger partial charge in [0.1, 0.15) is 19.8 Å². The van der Waals surface area contributed by atoms with E-state index >= 15 is 0 Å². The van der Waals surface area contributed by atoms with Gasteiger partial charge in [-0.05, 0) is 22.3 Å². The first-order valence-corrected chi connectivity index (χ1v) is 7.30. The van der Waals surface area contributed by atoms with E-state index in [1.54, 1.807) is 0 Å². The second-order valence-electron chi connectivity index (χ2n) is 5.30. The standard InChI is InChI=1S/C18H16O5/c19-17(20)10-22-11-18(21)23-9-16-14-7-3-1-5-12(14)13-6-2-4-8-15(13)16/h1-8,16H,9-11H2,(H,19,20). The van der Waals surface area contributed by atoms with E-state index in [2.05, 4.69) is 12.1 Å². The average Bonchev–Trinajstić information content (AvgIpc) is 2.87. The van der Waals surface area contributed by atoms with Crippen molar-refractivity contribution < 1.29 is 24.2 Å². The molecule has 3 rings (SSSR count). The maximum Gasteiger partial charge on any atom is 0.332 e. The number of hydrogen-bond acceptors (Lipinski definition) is 4. The molecule has 0 aromatic heterocycles. The Balaban J connectivity index is 1.69. The van der Waals surface area contributed by atoms with Crippen molar-refractivity contribution in [2.45, 2.75) is 5.92 Å². The predicted molar refractivity (Wildman–Crippen MR) is 83.1 cm³/mol. The van der Waals surface area contributed by atoms with E-state index in [0.717, 1.165) is 22.3 Å². The first-order chi connectivity index (χ1) is 11.2. The van der Waals surface area contributed by atoms with Crippen LogP contribution in [0.4, 0.5) is 0 Å². The van der Waals surface area contributed by atoms with Gasteiger partial charge in [-0.1, -0.05) is 48.5 Å². The number of hydrogen-bond donors (Lipinski definition) is 1. The van der Waals surface area contributed by atoms with Crippen molar-refractivity contribution in [3.05, 3.63) is 59.7 Å². The molecule has 1 aliphatic carbocycles. The molecule has 0 amide bonds. The van der Waals surface area contributed by atoms with Gasteiger partial charge in [0, 0.05) is 5.92 Å². The Hall–Kier alpha value is -2.66. The molecule has 0 unspecified atom stereocenters. The molecule has 1 N–H and O–H groups in total. The van der Waals surface area contributed by atoms with Crippen LogP contribution in [0.2, 0.25) is 0 Å². The summed E-state index contributed by atoms with van der Waals surface area (Å²) in [4.78, 5) is 22.0. The van der Waals surface area contributed by atoms with Gasteiger partial charge in [-0.2, -0.15) is 0 Å². The fourth-order valence-corrected chi connectivity index (χ4v) is 2.88. The van der Waals surface area contributed by atoms with Crippen molar-refractivity contribution in [3.8, 4) is 11.1 Å². The van der Waals surface area contributed by atoms with E-state index in [0.29, 0.717) is 0 Å². The Bertz CT molecular complexity index is 692. The fourth-order valence-electron chi connectivity index (χ4n) is 2.88. The van der Waals surface area contributed by atoms with Crippen molar-refractivity contribution in [1.82, 2.24) is 0 Å². The number of ether oxygens (including phenoxy) is 2. The molecule has 2 aromatic rings. The van der Waals surface area contributed by atoms with E-state index in [9.17, 15) is 9.59 Å². The van der Waals surface area contributed by atoms with Crippen molar-refractivity contribution in [2.24, 2.45) is 0 Å². The second-order valence-corrected chi connectivity index (χ2v) is 5.30. The Morgan fingerprint density at radius 3 is 2.04 bits per heavy atom. The van der Waals surface area contributed by atoms with Gasteiger partial charge >= 0.3 is 11.9 Å². The van der Waals surface area contributed by atoms with Crippen LogP contribution in [0, 0.1) is 0 Å². The average molecular weight is 312 g/mol. The van der Waals surface area contributed by atoms with Crippen LogP contribution in [0.1, 0.15) is 17.0 Å². The van der Waals surface area contributed by atoms with Crippen LogP contribution in [-0.2, 0) is 19.1 Å². The summed E-state index contributed by atoms with van der Waals surface area (Å²) in [5.41, 5.74) is 4.58. The highest BCUT2D eigenvalue weighted by atomic mass is 16.6. The third kappa shape index (κ3) is 3.24. The molecule has 5 nitrogen and oxygen atoms in total. The molecule has 5 heteroatoms. The zero-order chi connectivity index (χ0) is 16.2. The first kappa shape index (κ1) is 15.2. The molecule has 0 spiro atoms. The molecule has 0 fully saturated rings. The molecule has 0 aliphatic heterocycles. The van der Waals surface area contributed by atoms with Crippen LogP contribution in [0.25, 0.3) is 11.1 Å². The third-order valence-corrected chi connectivity index (χ3v) is 3.82. The minimum atomic E-state index is -1.11. The van der Waals surface area contributed by atoms with E-state index < -0.39 is 18.5 Å². The number of benzene rings is 2. The number of carboxylic acid groups (broad SMARTS) is 1. The summed E-state index contributed by atoms with van der Waals surface area (Å²) in [5.74, 6) is -1.68. The minimum absolute atomic E-state index is 0.00850. The van der Waals surface area contributed by atoms with Gasteiger partial charge in [-0.25, -0.2) is 9.59 Å². The molecular formula is C18H16O5. The van der Waals surface area contributed by atoms with Crippen molar-refractivity contribution in [1.29, 1.82) is 0 Å². The summed E-state index contributed by atoms with van der Waals surface area (Å²) in [7, 11) is 0. The molecule has 1 aliphatic rings. The topological polar surface area (TPSA) is 72.8 Å². The minimum Gasteiger partial charge on any atom is -0.480 e. The highest BCUT2D eigenvalue weighted by Crippen LogP contribution is 2.44. The predicted octanol–water partition coefficient (Wildman–Crippen LogP) is 2.44. The lowest BCUT2D eigenvalue weighted by molar-refractivity contribution is -0.152. The van der Waals surface area contributed by atoms with Crippen LogP contribution >= 0.6 is 0 Å². The lowest BCUT2D eigenvalue weighted by Crippen LogP contribution is -2.19. The van der Waals surface area contributed by atoms with Crippen LogP contribution in [-0.4, -0.2) is 36.9 Å². The zero-order valence-electron chi connectivity index (χ0n) is 12.4. The summed E-state index contributed by atoms with van der Waals surface area (Å²) in [6, 6.07) is 16.1. The molecule has 118 valence electrons. The number of aliphatic carboxylic acids is 1. The molecule has 0 atom stereocenters. The van der Waals surface area contributed by atoms with Gasteiger partial charge in [0.15, 0.2) is 0 Å². The van der Waals surface area contributed by atoms with E-state index in [1.165, 1.54) is 0 Å². The molecular weight excluding hydrogens is 296 g/mol. The van der Waals surface area contributed by atoms with Crippen LogP contribution < -0.4 is 0 Å². The van der Waals surface area contributed by atoms with E-state index in [-0.39, 0.29) is 19.1 Å². The number of esters is 1. The van der Waals surface area contributed by atoms with Crippen molar-refractivity contribution >= 4 is 11.9 Å². The number of carboxylic acids is 1. The van der Waals surface area contributed by atoms with Crippen molar-refractivity contribution in [2.75, 3.05) is 19.8 Å². The smallest absolute Gasteiger partial charge is 0.332 e. The molecule has 23 heavy (non-hydrogen) atoms. The van der Waals surface area contributed by atoms with Gasteiger partial charge < -0.3 is 14.6 Å². The molecule has 0 heterocycles. The van der Waals surface area contributed by atoms with Gasteiger partial charge in [0.2, 0.25) is 0 Å².